The summed E-state index contributed by atoms with van der Waals surface area (Å²) in [7, 11) is 1.42. The number of nitrogen functional groups attached to an aromatic ring is 1. The molecule has 5 nitrogen and oxygen atoms in total. The molecular weight excluding hydrogens is 242 g/mol. The third-order valence-corrected chi connectivity index (χ3v) is 2.13. The predicted molar refractivity (Wildman–Crippen MR) is 62.6 cm³/mol. The Morgan fingerprint density at radius 3 is 2.72 bits per heavy atom. The van der Waals surface area contributed by atoms with Crippen LogP contribution in [0.1, 0.15) is 0 Å². The maximum absolute atomic E-state index is 13.2. The zero-order chi connectivity index (χ0) is 13.1. The van der Waals surface area contributed by atoms with Crippen molar-refractivity contribution in [1.29, 1.82) is 0 Å². The van der Waals surface area contributed by atoms with Crippen LogP contribution in [0, 0.1) is 11.6 Å². The molecule has 0 aliphatic heterocycles. The molecule has 3 N–H and O–H groups in total. The molecule has 1 aromatic carbocycles. The number of methoxy groups -OCH3 is 1. The standard InChI is InChI=1S/C11H10F2N4O/c1-18-8-3-6(12)2-7(4-8)16-11-15-5-9(13)10(14)17-11/h2-5H,1H3,(H3,14,15,16,17). The molecule has 2 aromatic rings. The fourth-order valence-electron chi connectivity index (χ4n) is 1.32. The van der Waals surface area contributed by atoms with Crippen LogP contribution >= 0.6 is 0 Å². The fraction of sp³-hybridized carbons (Fsp3) is 0.0909. The van der Waals surface area contributed by atoms with Crippen LogP contribution in [-0.2, 0) is 0 Å². The third-order valence-electron chi connectivity index (χ3n) is 2.13. The normalized spacial score (nSPS) is 10.2. The maximum atomic E-state index is 13.2. The lowest BCUT2D eigenvalue weighted by Gasteiger charge is -2.07. The van der Waals surface area contributed by atoms with Crippen LogP contribution in [0.25, 0.3) is 0 Å². The number of hydrogen-bond donors (Lipinski definition) is 2. The number of hydrogen-bond acceptors (Lipinski definition) is 5. The van der Waals surface area contributed by atoms with Gasteiger partial charge in [0.05, 0.1) is 13.3 Å². The highest BCUT2D eigenvalue weighted by Crippen LogP contribution is 2.22. The Morgan fingerprint density at radius 2 is 2.06 bits per heavy atom. The number of nitrogens with two attached hydrogens (primary N) is 1. The molecule has 94 valence electrons. The van der Waals surface area contributed by atoms with E-state index in [1.807, 2.05) is 0 Å². The van der Waals surface area contributed by atoms with Crippen LogP contribution in [0.2, 0.25) is 0 Å². The van der Waals surface area contributed by atoms with Gasteiger partial charge in [0.2, 0.25) is 5.95 Å². The minimum absolute atomic E-state index is 0.0709. The van der Waals surface area contributed by atoms with Crippen LogP contribution in [0.4, 0.5) is 26.2 Å². The molecule has 0 atom stereocenters. The number of aromatic nitrogens is 2. The van der Waals surface area contributed by atoms with Gasteiger partial charge in [0.25, 0.3) is 0 Å². The number of nitrogens with one attached hydrogen (secondary N) is 1. The molecule has 18 heavy (non-hydrogen) atoms. The Balaban J connectivity index is 2.27. The minimum atomic E-state index is -0.711. The third kappa shape index (κ3) is 2.62. The Hall–Kier alpha value is -2.44. The van der Waals surface area contributed by atoms with Crippen molar-refractivity contribution < 1.29 is 13.5 Å². The van der Waals surface area contributed by atoms with E-state index in [4.69, 9.17) is 10.5 Å². The van der Waals surface area contributed by atoms with Crippen molar-refractivity contribution in [3.63, 3.8) is 0 Å². The van der Waals surface area contributed by atoms with Gasteiger partial charge in [-0.3, -0.25) is 0 Å². The van der Waals surface area contributed by atoms with E-state index in [1.54, 1.807) is 6.07 Å². The lowest BCUT2D eigenvalue weighted by Crippen LogP contribution is -2.02. The summed E-state index contributed by atoms with van der Waals surface area (Å²) in [6, 6.07) is 4.00. The van der Waals surface area contributed by atoms with Gasteiger partial charge in [-0.2, -0.15) is 4.98 Å². The highest BCUT2D eigenvalue weighted by atomic mass is 19.1. The molecule has 1 aromatic heterocycles. The van der Waals surface area contributed by atoms with Crippen LogP contribution in [0.3, 0.4) is 0 Å². The Kier molecular flexibility index (Phi) is 3.22. The van der Waals surface area contributed by atoms with Crippen molar-refractivity contribution in [3.8, 4) is 5.75 Å². The van der Waals surface area contributed by atoms with Gasteiger partial charge >= 0.3 is 0 Å². The van der Waals surface area contributed by atoms with Gasteiger partial charge in [-0.05, 0) is 6.07 Å². The topological polar surface area (TPSA) is 73.1 Å². The van der Waals surface area contributed by atoms with Gasteiger partial charge in [0.15, 0.2) is 11.6 Å². The largest absolute Gasteiger partial charge is 0.497 e. The lowest BCUT2D eigenvalue weighted by molar-refractivity contribution is 0.411. The zero-order valence-electron chi connectivity index (χ0n) is 9.45. The highest BCUT2D eigenvalue weighted by Gasteiger charge is 2.05. The number of benzene rings is 1. The van der Waals surface area contributed by atoms with Crippen LogP contribution < -0.4 is 15.8 Å². The van der Waals surface area contributed by atoms with Gasteiger partial charge < -0.3 is 15.8 Å². The summed E-state index contributed by atoms with van der Waals surface area (Å²) in [5.41, 5.74) is 5.67. The van der Waals surface area contributed by atoms with E-state index in [9.17, 15) is 8.78 Å². The van der Waals surface area contributed by atoms with E-state index in [0.717, 1.165) is 6.20 Å². The van der Waals surface area contributed by atoms with Crippen molar-refractivity contribution in [2.24, 2.45) is 0 Å². The summed E-state index contributed by atoms with van der Waals surface area (Å²) < 4.78 is 31.0. The predicted octanol–water partition coefficient (Wildman–Crippen LogP) is 2.09. The van der Waals surface area contributed by atoms with Crippen LogP contribution in [0.5, 0.6) is 5.75 Å². The summed E-state index contributed by atoms with van der Waals surface area (Å²) in [4.78, 5) is 7.35. The molecule has 0 fully saturated rings. The molecule has 0 saturated carbocycles. The molecule has 0 amide bonds. The number of halogens is 2. The second-order valence-corrected chi connectivity index (χ2v) is 3.43. The van der Waals surface area contributed by atoms with Gasteiger partial charge in [-0.1, -0.05) is 0 Å². The molecule has 0 spiro atoms. The fourth-order valence-corrected chi connectivity index (χ4v) is 1.32. The Morgan fingerprint density at radius 1 is 1.28 bits per heavy atom. The first-order valence-corrected chi connectivity index (χ1v) is 4.98. The van der Waals surface area contributed by atoms with E-state index < -0.39 is 11.6 Å². The van der Waals surface area contributed by atoms with E-state index >= 15 is 0 Å². The van der Waals surface area contributed by atoms with E-state index in [0.29, 0.717) is 11.4 Å². The molecule has 0 bridgehead atoms. The number of rotatable bonds is 3. The second-order valence-electron chi connectivity index (χ2n) is 3.43. The molecular formula is C11H10F2N4O. The average Bonchev–Trinajstić information content (AvgIpc) is 2.33. The van der Waals surface area contributed by atoms with E-state index in [-0.39, 0.29) is 11.8 Å². The quantitative estimate of drug-likeness (QED) is 0.875. The second kappa shape index (κ2) is 4.82. The molecule has 0 saturated heterocycles. The Bertz CT molecular complexity index is 577. The van der Waals surface area contributed by atoms with Crippen molar-refractivity contribution in [2.45, 2.75) is 0 Å². The molecule has 1 heterocycles. The zero-order valence-corrected chi connectivity index (χ0v) is 9.45. The summed E-state index contributed by atoms with van der Waals surface area (Å²) in [5.74, 6) is -1.06. The summed E-state index contributed by atoms with van der Waals surface area (Å²) in [5, 5.41) is 2.70. The van der Waals surface area contributed by atoms with Crippen molar-refractivity contribution >= 4 is 17.5 Å². The monoisotopic (exact) mass is 252 g/mol. The van der Waals surface area contributed by atoms with Crippen molar-refractivity contribution in [2.75, 3.05) is 18.2 Å². The summed E-state index contributed by atoms with van der Waals surface area (Å²) in [6.45, 7) is 0. The first-order chi connectivity index (χ1) is 8.58. The highest BCUT2D eigenvalue weighted by molar-refractivity contribution is 5.57. The van der Waals surface area contributed by atoms with Crippen molar-refractivity contribution in [1.82, 2.24) is 9.97 Å². The van der Waals surface area contributed by atoms with Gasteiger partial charge in [-0.25, -0.2) is 13.8 Å². The van der Waals surface area contributed by atoms with Gasteiger partial charge in [0.1, 0.15) is 11.6 Å². The smallest absolute Gasteiger partial charge is 0.229 e. The number of anilines is 3. The number of ether oxygens (including phenoxy) is 1. The lowest BCUT2D eigenvalue weighted by atomic mass is 10.3. The summed E-state index contributed by atoms with van der Waals surface area (Å²) in [6.07, 6.45) is 0.932. The molecule has 0 radical (unpaired) electrons. The van der Waals surface area contributed by atoms with Crippen LogP contribution in [0.15, 0.2) is 24.4 Å². The molecule has 7 heteroatoms. The average molecular weight is 252 g/mol. The van der Waals surface area contributed by atoms with Crippen molar-refractivity contribution in [3.05, 3.63) is 36.0 Å². The minimum Gasteiger partial charge on any atom is -0.497 e. The first-order valence-electron chi connectivity index (χ1n) is 4.98. The SMILES string of the molecule is COc1cc(F)cc(Nc2ncc(F)c(N)n2)c1. The van der Waals surface area contributed by atoms with Gasteiger partial charge in [0, 0.05) is 17.8 Å². The number of nitrogens with zero attached hydrogens (tertiary/aromatic N) is 2. The van der Waals surface area contributed by atoms with Crippen LogP contribution in [-0.4, -0.2) is 17.1 Å². The van der Waals surface area contributed by atoms with E-state index in [2.05, 4.69) is 15.3 Å². The maximum Gasteiger partial charge on any atom is 0.229 e. The Labute approximate surface area is 102 Å². The molecule has 0 unspecified atom stereocenters. The molecule has 2 rings (SSSR count). The van der Waals surface area contributed by atoms with Gasteiger partial charge in [-0.15, -0.1) is 0 Å². The molecule has 0 aliphatic rings. The molecule has 0 aliphatic carbocycles. The first kappa shape index (κ1) is 12.0. The summed E-state index contributed by atoms with van der Waals surface area (Å²) >= 11 is 0. The van der Waals surface area contributed by atoms with E-state index in [1.165, 1.54) is 19.2 Å².